The van der Waals surface area contributed by atoms with Gasteiger partial charge in [-0.15, -0.1) is 11.6 Å². The number of nitrogens with one attached hydrogen (secondary N) is 1. The molecule has 0 aliphatic carbocycles. The number of hydrogen-bond donors (Lipinski definition) is 1. The third-order valence-electron chi connectivity index (χ3n) is 1.59. The van der Waals surface area contributed by atoms with Gasteiger partial charge >= 0.3 is 0 Å². The van der Waals surface area contributed by atoms with Crippen molar-refractivity contribution in [2.75, 3.05) is 11.2 Å². The lowest BCUT2D eigenvalue weighted by Gasteiger charge is -2.08. The molecular weight excluding hydrogens is 212 g/mol. The van der Waals surface area contributed by atoms with Gasteiger partial charge in [-0.3, -0.25) is 4.79 Å². The highest BCUT2D eigenvalue weighted by Crippen LogP contribution is 2.26. The fraction of sp³-hybridized carbons (Fsp3) is 0.222. The number of amides is 1. The molecule has 0 heterocycles. The molecule has 0 spiro atoms. The van der Waals surface area contributed by atoms with E-state index in [-0.39, 0.29) is 17.1 Å². The van der Waals surface area contributed by atoms with Gasteiger partial charge in [0.2, 0.25) is 5.91 Å². The number of carbonyl (C=O) groups is 1. The van der Waals surface area contributed by atoms with Crippen LogP contribution in [0.2, 0.25) is 0 Å². The highest BCUT2D eigenvalue weighted by Gasteiger charge is 2.13. The van der Waals surface area contributed by atoms with Crippen LogP contribution in [0.25, 0.3) is 0 Å². The van der Waals surface area contributed by atoms with Crippen molar-refractivity contribution in [1.29, 1.82) is 0 Å². The molecule has 0 fully saturated rings. The molecule has 5 heteroatoms. The Bertz CT molecular complexity index is 330. The van der Waals surface area contributed by atoms with Crippen LogP contribution in [-0.2, 0) is 4.79 Å². The Morgan fingerprint density at radius 1 is 1.43 bits per heavy atom. The van der Waals surface area contributed by atoms with Crippen molar-refractivity contribution in [3.8, 4) is 0 Å². The summed E-state index contributed by atoms with van der Waals surface area (Å²) in [4.78, 5) is 10.9. The molecule has 0 aliphatic heterocycles. The smallest absolute Gasteiger partial charge is 0.265 e. The molecular formula is C9H8ClF2NO. The van der Waals surface area contributed by atoms with Gasteiger partial charge in [-0.05, 0) is 6.07 Å². The first-order valence-corrected chi connectivity index (χ1v) is 4.41. The summed E-state index contributed by atoms with van der Waals surface area (Å²) in [5, 5.41) is 2.29. The summed E-state index contributed by atoms with van der Waals surface area (Å²) in [6.07, 6.45) is -2.61. The predicted octanol–water partition coefficient (Wildman–Crippen LogP) is 2.80. The Hall–Kier alpha value is -1.16. The Morgan fingerprint density at radius 2 is 2.07 bits per heavy atom. The van der Waals surface area contributed by atoms with Gasteiger partial charge in [0.25, 0.3) is 6.43 Å². The second kappa shape index (κ2) is 4.91. The van der Waals surface area contributed by atoms with Crippen LogP contribution < -0.4 is 5.32 Å². The molecule has 14 heavy (non-hydrogen) atoms. The minimum Gasteiger partial charge on any atom is -0.325 e. The second-order valence-electron chi connectivity index (χ2n) is 2.57. The number of anilines is 1. The van der Waals surface area contributed by atoms with Crippen molar-refractivity contribution in [2.45, 2.75) is 6.43 Å². The first-order valence-electron chi connectivity index (χ1n) is 3.88. The summed E-state index contributed by atoms with van der Waals surface area (Å²) >= 11 is 5.23. The molecule has 76 valence electrons. The Labute approximate surface area is 84.9 Å². The molecule has 1 rings (SSSR count). The van der Waals surface area contributed by atoms with E-state index < -0.39 is 12.3 Å². The van der Waals surface area contributed by atoms with Gasteiger partial charge in [0.1, 0.15) is 5.88 Å². The van der Waals surface area contributed by atoms with Gasteiger partial charge in [-0.1, -0.05) is 18.2 Å². The van der Waals surface area contributed by atoms with Gasteiger partial charge < -0.3 is 5.32 Å². The molecule has 1 aromatic carbocycles. The largest absolute Gasteiger partial charge is 0.325 e. The predicted molar refractivity (Wildman–Crippen MR) is 50.7 cm³/mol. The topological polar surface area (TPSA) is 29.1 Å². The zero-order chi connectivity index (χ0) is 10.6. The minimum absolute atomic E-state index is 0.105. The number of para-hydroxylation sites is 1. The zero-order valence-corrected chi connectivity index (χ0v) is 7.89. The Morgan fingerprint density at radius 3 is 2.64 bits per heavy atom. The van der Waals surface area contributed by atoms with Gasteiger partial charge in [-0.2, -0.15) is 0 Å². The molecule has 1 amide bonds. The summed E-state index contributed by atoms with van der Waals surface area (Å²) in [6, 6.07) is 5.72. The summed E-state index contributed by atoms with van der Waals surface area (Å²) in [6.45, 7) is 0. The van der Waals surface area contributed by atoms with Gasteiger partial charge in [-0.25, -0.2) is 8.78 Å². The Kier molecular flexibility index (Phi) is 3.83. The summed E-state index contributed by atoms with van der Waals surface area (Å²) in [5.74, 6) is -0.753. The van der Waals surface area contributed by atoms with E-state index in [2.05, 4.69) is 5.32 Å². The number of rotatable bonds is 3. The third-order valence-corrected chi connectivity index (χ3v) is 1.83. The van der Waals surface area contributed by atoms with Crippen LogP contribution in [0.5, 0.6) is 0 Å². The number of alkyl halides is 3. The number of benzene rings is 1. The molecule has 0 aliphatic rings. The SMILES string of the molecule is O=C(CCl)Nc1ccccc1C(F)F. The molecule has 1 N–H and O–H groups in total. The van der Waals surface area contributed by atoms with Crippen LogP contribution in [-0.4, -0.2) is 11.8 Å². The van der Waals surface area contributed by atoms with E-state index in [9.17, 15) is 13.6 Å². The normalized spacial score (nSPS) is 10.3. The van der Waals surface area contributed by atoms with Gasteiger partial charge in [0, 0.05) is 11.3 Å². The average molecular weight is 220 g/mol. The van der Waals surface area contributed by atoms with Crippen LogP contribution >= 0.6 is 11.6 Å². The van der Waals surface area contributed by atoms with Crippen molar-refractivity contribution < 1.29 is 13.6 Å². The highest BCUT2D eigenvalue weighted by molar-refractivity contribution is 6.29. The second-order valence-corrected chi connectivity index (χ2v) is 2.84. The van der Waals surface area contributed by atoms with Crippen LogP contribution in [0.4, 0.5) is 14.5 Å². The van der Waals surface area contributed by atoms with E-state index in [0.29, 0.717) is 0 Å². The average Bonchev–Trinajstić information content (AvgIpc) is 2.18. The lowest BCUT2D eigenvalue weighted by molar-refractivity contribution is -0.113. The lowest BCUT2D eigenvalue weighted by atomic mass is 10.2. The maximum atomic E-state index is 12.4. The van der Waals surface area contributed by atoms with Crippen molar-refractivity contribution in [2.24, 2.45) is 0 Å². The van der Waals surface area contributed by atoms with Crippen LogP contribution in [0.1, 0.15) is 12.0 Å². The van der Waals surface area contributed by atoms with Crippen LogP contribution in [0, 0.1) is 0 Å². The van der Waals surface area contributed by atoms with Crippen molar-refractivity contribution >= 4 is 23.2 Å². The minimum atomic E-state index is -2.61. The highest BCUT2D eigenvalue weighted by atomic mass is 35.5. The lowest BCUT2D eigenvalue weighted by Crippen LogP contribution is -2.14. The molecule has 0 unspecified atom stereocenters. The van der Waals surface area contributed by atoms with Crippen molar-refractivity contribution in [3.63, 3.8) is 0 Å². The van der Waals surface area contributed by atoms with Gasteiger partial charge in [0.05, 0.1) is 0 Å². The quantitative estimate of drug-likeness (QED) is 0.779. The van der Waals surface area contributed by atoms with E-state index >= 15 is 0 Å². The molecule has 1 aromatic rings. The van der Waals surface area contributed by atoms with E-state index in [1.807, 2.05) is 0 Å². The molecule has 2 nitrogen and oxygen atoms in total. The van der Waals surface area contributed by atoms with Gasteiger partial charge in [0.15, 0.2) is 0 Å². The zero-order valence-electron chi connectivity index (χ0n) is 7.14. The van der Waals surface area contributed by atoms with Crippen LogP contribution in [0.15, 0.2) is 24.3 Å². The third kappa shape index (κ3) is 2.67. The summed E-state index contributed by atoms with van der Waals surface area (Å²) in [5.41, 5.74) is -0.0980. The fourth-order valence-corrected chi connectivity index (χ4v) is 1.05. The first kappa shape index (κ1) is 10.9. The molecule has 0 atom stereocenters. The maximum Gasteiger partial charge on any atom is 0.265 e. The number of hydrogen-bond acceptors (Lipinski definition) is 1. The number of carbonyl (C=O) groups excluding carboxylic acids is 1. The van der Waals surface area contributed by atoms with E-state index in [4.69, 9.17) is 11.6 Å². The van der Waals surface area contributed by atoms with E-state index in [1.54, 1.807) is 6.07 Å². The maximum absolute atomic E-state index is 12.4. The summed E-state index contributed by atoms with van der Waals surface area (Å²) < 4.78 is 24.8. The molecule has 0 bridgehead atoms. The van der Waals surface area contributed by atoms with Crippen LogP contribution in [0.3, 0.4) is 0 Å². The molecule has 0 saturated carbocycles. The Balaban J connectivity index is 2.90. The monoisotopic (exact) mass is 219 g/mol. The number of halogens is 3. The summed E-state index contributed by atoms with van der Waals surface area (Å²) in [7, 11) is 0. The van der Waals surface area contributed by atoms with E-state index in [0.717, 1.165) is 0 Å². The molecule has 0 saturated heterocycles. The van der Waals surface area contributed by atoms with E-state index in [1.165, 1.54) is 18.2 Å². The van der Waals surface area contributed by atoms with Crippen molar-refractivity contribution in [3.05, 3.63) is 29.8 Å². The molecule has 0 aromatic heterocycles. The van der Waals surface area contributed by atoms with Crippen molar-refractivity contribution in [1.82, 2.24) is 0 Å². The standard InChI is InChI=1S/C9H8ClF2NO/c10-5-8(14)13-7-4-2-1-3-6(7)9(11)12/h1-4,9H,5H2,(H,13,14). The molecule has 0 radical (unpaired) electrons. The fourth-order valence-electron chi connectivity index (χ4n) is 0.985. The first-order chi connectivity index (χ1) is 6.65.